The highest BCUT2D eigenvalue weighted by molar-refractivity contribution is 8.01. The highest BCUT2D eigenvalue weighted by Crippen LogP contribution is 2.30. The van der Waals surface area contributed by atoms with Crippen molar-refractivity contribution in [2.24, 2.45) is 0 Å². The van der Waals surface area contributed by atoms with E-state index in [9.17, 15) is 9.59 Å². The number of ether oxygens (including phenoxy) is 1. The fraction of sp³-hybridized carbons (Fsp3) is 0.385. The van der Waals surface area contributed by atoms with E-state index in [1.165, 1.54) is 11.8 Å². The van der Waals surface area contributed by atoms with Crippen molar-refractivity contribution < 1.29 is 14.3 Å². The first-order chi connectivity index (χ1) is 9.45. The molecule has 0 bridgehead atoms. The molecule has 0 radical (unpaired) electrons. The summed E-state index contributed by atoms with van der Waals surface area (Å²) in [5, 5.41) is 2.97. The fourth-order valence-electron chi connectivity index (χ4n) is 1.31. The number of nitrogens with one attached hydrogen (secondary N) is 1. The summed E-state index contributed by atoms with van der Waals surface area (Å²) in [7, 11) is 0. The molecule has 0 spiro atoms. The van der Waals surface area contributed by atoms with E-state index in [-0.39, 0.29) is 17.6 Å². The molecule has 0 aliphatic carbocycles. The molecule has 7 heteroatoms. The van der Waals surface area contributed by atoms with Gasteiger partial charge >= 0.3 is 5.97 Å². The molecule has 4 nitrogen and oxygen atoms in total. The van der Waals surface area contributed by atoms with Crippen LogP contribution in [0.3, 0.4) is 0 Å². The van der Waals surface area contributed by atoms with Gasteiger partial charge in [0, 0.05) is 0 Å². The summed E-state index contributed by atoms with van der Waals surface area (Å²) in [6.45, 7) is 3.76. The number of benzene rings is 1. The first kappa shape index (κ1) is 17.1. The van der Waals surface area contributed by atoms with Crippen LogP contribution >= 0.6 is 35.0 Å². The lowest BCUT2D eigenvalue weighted by atomic mass is 10.3. The second-order valence-electron chi connectivity index (χ2n) is 3.84. The number of hydrogen-bond donors (Lipinski definition) is 1. The number of amides is 1. The number of thioether (sulfide) groups is 1. The molecular weight excluding hydrogens is 321 g/mol. The Bertz CT molecular complexity index is 476. The maximum atomic E-state index is 12.0. The molecule has 1 atom stereocenters. The highest BCUT2D eigenvalue weighted by Gasteiger charge is 2.18. The van der Waals surface area contributed by atoms with Gasteiger partial charge < -0.3 is 10.1 Å². The predicted octanol–water partition coefficient (Wildman–Crippen LogP) is 3.62. The molecule has 0 saturated heterocycles. The molecule has 20 heavy (non-hydrogen) atoms. The summed E-state index contributed by atoms with van der Waals surface area (Å²) in [6, 6.07) is 4.97. The van der Waals surface area contributed by atoms with Crippen molar-refractivity contribution in [1.29, 1.82) is 0 Å². The third-order valence-corrected chi connectivity index (χ3v) is 4.08. The maximum absolute atomic E-state index is 12.0. The van der Waals surface area contributed by atoms with Crippen molar-refractivity contribution in [2.45, 2.75) is 19.1 Å². The summed E-state index contributed by atoms with van der Waals surface area (Å²) in [4.78, 5) is 23.2. The van der Waals surface area contributed by atoms with Gasteiger partial charge in [0.2, 0.25) is 5.91 Å². The predicted molar refractivity (Wildman–Crippen MR) is 83.6 cm³/mol. The van der Waals surface area contributed by atoms with Gasteiger partial charge in [-0.1, -0.05) is 29.3 Å². The lowest BCUT2D eigenvalue weighted by Gasteiger charge is -2.13. The van der Waals surface area contributed by atoms with E-state index in [1.54, 1.807) is 32.0 Å². The molecule has 1 amide bonds. The summed E-state index contributed by atoms with van der Waals surface area (Å²) in [5.41, 5.74) is 0.379. The van der Waals surface area contributed by atoms with E-state index in [4.69, 9.17) is 27.9 Å². The van der Waals surface area contributed by atoms with E-state index in [1.807, 2.05) is 0 Å². The van der Waals surface area contributed by atoms with E-state index in [2.05, 4.69) is 5.32 Å². The van der Waals surface area contributed by atoms with Crippen LogP contribution in [0.4, 0.5) is 5.69 Å². The third-order valence-electron chi connectivity index (χ3n) is 2.34. The molecule has 1 aromatic carbocycles. The number of para-hydroxylation sites is 1. The number of halogens is 2. The van der Waals surface area contributed by atoms with Crippen molar-refractivity contribution in [3.63, 3.8) is 0 Å². The van der Waals surface area contributed by atoms with Gasteiger partial charge in [0.15, 0.2) is 0 Å². The Morgan fingerprint density at radius 2 is 1.95 bits per heavy atom. The molecule has 1 rings (SSSR count). The largest absolute Gasteiger partial charge is 0.465 e. The van der Waals surface area contributed by atoms with Crippen LogP contribution in [0, 0.1) is 0 Å². The Hall–Kier alpha value is -0.910. The van der Waals surface area contributed by atoms with Crippen LogP contribution in [0.1, 0.15) is 13.8 Å². The topological polar surface area (TPSA) is 55.4 Å². The highest BCUT2D eigenvalue weighted by atomic mass is 35.5. The lowest BCUT2D eigenvalue weighted by molar-refractivity contribution is -0.139. The summed E-state index contributed by atoms with van der Waals surface area (Å²) in [5.74, 6) is -0.485. The summed E-state index contributed by atoms with van der Waals surface area (Å²) in [6.07, 6.45) is 0. The molecular formula is C13H15Cl2NO3S. The molecule has 110 valence electrons. The van der Waals surface area contributed by atoms with Crippen LogP contribution in [-0.4, -0.2) is 29.5 Å². The first-order valence-corrected chi connectivity index (χ1v) is 7.78. The fourth-order valence-corrected chi connectivity index (χ4v) is 2.49. The Morgan fingerprint density at radius 3 is 2.50 bits per heavy atom. The van der Waals surface area contributed by atoms with Gasteiger partial charge in [0.25, 0.3) is 0 Å². The number of rotatable bonds is 6. The minimum absolute atomic E-state index is 0.124. The second-order valence-corrected chi connectivity index (χ2v) is 5.99. The quantitative estimate of drug-likeness (QED) is 0.806. The first-order valence-electron chi connectivity index (χ1n) is 5.97. The smallest absolute Gasteiger partial charge is 0.315 e. The van der Waals surface area contributed by atoms with Crippen molar-refractivity contribution in [3.8, 4) is 0 Å². The van der Waals surface area contributed by atoms with E-state index in [0.717, 1.165) is 0 Å². The zero-order valence-corrected chi connectivity index (χ0v) is 13.4. The molecule has 1 N–H and O–H groups in total. The standard InChI is InChI=1S/C13H15Cl2NO3S/c1-3-19-11(17)7-20-8(2)13(18)16-12-9(14)5-4-6-10(12)15/h4-6,8H,3,7H2,1-2H3,(H,16,18)/t8-/m0/s1. The van der Waals surface area contributed by atoms with Gasteiger partial charge in [-0.2, -0.15) is 0 Å². The van der Waals surface area contributed by atoms with Crippen LogP contribution in [-0.2, 0) is 14.3 Å². The Balaban J connectivity index is 2.56. The monoisotopic (exact) mass is 335 g/mol. The number of hydrogen-bond acceptors (Lipinski definition) is 4. The van der Waals surface area contributed by atoms with Gasteiger partial charge in [0.05, 0.1) is 33.3 Å². The molecule has 0 unspecified atom stereocenters. The molecule has 0 fully saturated rings. The van der Waals surface area contributed by atoms with Crippen molar-refractivity contribution in [3.05, 3.63) is 28.2 Å². The van der Waals surface area contributed by atoms with Gasteiger partial charge in [-0.3, -0.25) is 9.59 Å². The molecule has 0 heterocycles. The maximum Gasteiger partial charge on any atom is 0.315 e. The van der Waals surface area contributed by atoms with Gasteiger partial charge in [-0.15, -0.1) is 11.8 Å². The van der Waals surface area contributed by atoms with Crippen molar-refractivity contribution >= 4 is 52.5 Å². The van der Waals surface area contributed by atoms with E-state index >= 15 is 0 Å². The number of carbonyl (C=O) groups is 2. The molecule has 0 aliphatic rings. The molecule has 0 saturated carbocycles. The summed E-state index contributed by atoms with van der Waals surface area (Å²) >= 11 is 13.1. The zero-order chi connectivity index (χ0) is 15.1. The van der Waals surface area contributed by atoms with Crippen LogP contribution in [0.2, 0.25) is 10.0 Å². The van der Waals surface area contributed by atoms with Gasteiger partial charge in [0.1, 0.15) is 0 Å². The lowest BCUT2D eigenvalue weighted by Crippen LogP contribution is -2.24. The number of carbonyl (C=O) groups excluding carboxylic acids is 2. The Labute approximate surface area is 132 Å². The van der Waals surface area contributed by atoms with Crippen molar-refractivity contribution in [1.82, 2.24) is 0 Å². The van der Waals surface area contributed by atoms with E-state index < -0.39 is 5.25 Å². The van der Waals surface area contributed by atoms with Crippen LogP contribution in [0.15, 0.2) is 18.2 Å². The normalized spacial score (nSPS) is 11.8. The minimum atomic E-state index is -0.424. The van der Waals surface area contributed by atoms with Gasteiger partial charge in [-0.25, -0.2) is 0 Å². The molecule has 1 aromatic rings. The van der Waals surface area contributed by atoms with Gasteiger partial charge in [-0.05, 0) is 26.0 Å². The Morgan fingerprint density at radius 1 is 1.35 bits per heavy atom. The van der Waals surface area contributed by atoms with Crippen LogP contribution in [0.25, 0.3) is 0 Å². The number of anilines is 1. The molecule has 0 aliphatic heterocycles. The summed E-state index contributed by atoms with van der Waals surface area (Å²) < 4.78 is 4.79. The number of esters is 1. The third kappa shape index (κ3) is 5.23. The zero-order valence-electron chi connectivity index (χ0n) is 11.1. The second kappa shape index (κ2) is 8.39. The average Bonchev–Trinajstić information content (AvgIpc) is 2.40. The van der Waals surface area contributed by atoms with Crippen LogP contribution < -0.4 is 5.32 Å². The van der Waals surface area contributed by atoms with Crippen LogP contribution in [0.5, 0.6) is 0 Å². The molecule has 0 aromatic heterocycles. The van der Waals surface area contributed by atoms with E-state index in [0.29, 0.717) is 22.3 Å². The SMILES string of the molecule is CCOC(=O)CS[C@@H](C)C(=O)Nc1c(Cl)cccc1Cl. The van der Waals surface area contributed by atoms with Crippen molar-refractivity contribution in [2.75, 3.05) is 17.7 Å². The average molecular weight is 336 g/mol. The Kier molecular flexibility index (Phi) is 7.19. The minimum Gasteiger partial charge on any atom is -0.465 e.